The highest BCUT2D eigenvalue weighted by Gasteiger charge is 2.03. The molecule has 17 heavy (non-hydrogen) atoms. The maximum absolute atomic E-state index is 11.5. The number of benzene rings is 1. The Balaban J connectivity index is 2.46. The lowest BCUT2D eigenvalue weighted by Crippen LogP contribution is -2.19. The van der Waals surface area contributed by atoms with Crippen LogP contribution in [0, 0.1) is 5.92 Å². The Morgan fingerprint density at radius 2 is 2.12 bits per heavy atom. The first-order valence-corrected chi connectivity index (χ1v) is 6.15. The van der Waals surface area contributed by atoms with E-state index in [0.717, 1.165) is 30.1 Å². The molecule has 1 amide bonds. The third kappa shape index (κ3) is 5.00. The molecule has 1 rings (SSSR count). The van der Waals surface area contributed by atoms with Crippen molar-refractivity contribution in [2.24, 2.45) is 5.92 Å². The van der Waals surface area contributed by atoms with Gasteiger partial charge in [0, 0.05) is 19.2 Å². The summed E-state index contributed by atoms with van der Waals surface area (Å²) in [6.45, 7) is 6.27. The molecule has 0 atom stereocenters. The number of hydrogen-bond donors (Lipinski definition) is 2. The molecule has 3 nitrogen and oxygen atoms in total. The lowest BCUT2D eigenvalue weighted by molar-refractivity contribution is 0.0963. The van der Waals surface area contributed by atoms with E-state index in [0.29, 0.717) is 0 Å². The first-order valence-electron chi connectivity index (χ1n) is 6.15. The standard InChI is InChI=1S/C14H22N2O/c1-11(2)7-8-16-10-12-5-4-6-13(9-12)14(17)15-3/h4-6,9,11,16H,7-8,10H2,1-3H3,(H,15,17). The second-order valence-electron chi connectivity index (χ2n) is 4.64. The average molecular weight is 234 g/mol. The normalized spacial score (nSPS) is 10.6. The van der Waals surface area contributed by atoms with Crippen LogP contribution in [0.5, 0.6) is 0 Å². The zero-order valence-corrected chi connectivity index (χ0v) is 10.9. The third-order valence-electron chi connectivity index (χ3n) is 2.64. The van der Waals surface area contributed by atoms with Gasteiger partial charge in [-0.15, -0.1) is 0 Å². The van der Waals surface area contributed by atoms with Gasteiger partial charge in [-0.2, -0.15) is 0 Å². The van der Waals surface area contributed by atoms with Crippen molar-refractivity contribution in [3.8, 4) is 0 Å². The van der Waals surface area contributed by atoms with Crippen LogP contribution in [0.3, 0.4) is 0 Å². The summed E-state index contributed by atoms with van der Waals surface area (Å²) in [5.41, 5.74) is 1.87. The summed E-state index contributed by atoms with van der Waals surface area (Å²) >= 11 is 0. The first-order chi connectivity index (χ1) is 8.13. The maximum Gasteiger partial charge on any atom is 0.251 e. The summed E-state index contributed by atoms with van der Waals surface area (Å²) in [6, 6.07) is 7.72. The Morgan fingerprint density at radius 1 is 1.35 bits per heavy atom. The third-order valence-corrected chi connectivity index (χ3v) is 2.64. The van der Waals surface area contributed by atoms with Crippen LogP contribution >= 0.6 is 0 Å². The molecule has 0 saturated heterocycles. The fourth-order valence-electron chi connectivity index (χ4n) is 1.59. The number of nitrogens with one attached hydrogen (secondary N) is 2. The summed E-state index contributed by atoms with van der Waals surface area (Å²) in [6.07, 6.45) is 1.18. The molecule has 0 aliphatic rings. The van der Waals surface area contributed by atoms with Crippen molar-refractivity contribution >= 4 is 5.91 Å². The van der Waals surface area contributed by atoms with Gasteiger partial charge in [0.25, 0.3) is 5.91 Å². The van der Waals surface area contributed by atoms with E-state index in [1.54, 1.807) is 7.05 Å². The van der Waals surface area contributed by atoms with Crippen molar-refractivity contribution in [1.29, 1.82) is 0 Å². The number of hydrogen-bond acceptors (Lipinski definition) is 2. The lowest BCUT2D eigenvalue weighted by atomic mass is 10.1. The lowest BCUT2D eigenvalue weighted by Gasteiger charge is -2.08. The van der Waals surface area contributed by atoms with Crippen LogP contribution in [-0.4, -0.2) is 19.5 Å². The molecule has 0 unspecified atom stereocenters. The number of carbonyl (C=O) groups is 1. The van der Waals surface area contributed by atoms with Gasteiger partial charge >= 0.3 is 0 Å². The van der Waals surface area contributed by atoms with E-state index >= 15 is 0 Å². The molecular formula is C14H22N2O. The van der Waals surface area contributed by atoms with Gasteiger partial charge in [0.1, 0.15) is 0 Å². The van der Waals surface area contributed by atoms with Gasteiger partial charge < -0.3 is 10.6 Å². The topological polar surface area (TPSA) is 41.1 Å². The van der Waals surface area contributed by atoms with Gasteiger partial charge in [0.2, 0.25) is 0 Å². The molecule has 0 aromatic heterocycles. The van der Waals surface area contributed by atoms with E-state index < -0.39 is 0 Å². The van der Waals surface area contributed by atoms with Crippen molar-refractivity contribution in [3.05, 3.63) is 35.4 Å². The minimum Gasteiger partial charge on any atom is -0.355 e. The van der Waals surface area contributed by atoms with Crippen molar-refractivity contribution in [1.82, 2.24) is 10.6 Å². The van der Waals surface area contributed by atoms with E-state index in [-0.39, 0.29) is 5.91 Å². The number of rotatable bonds is 6. The Hall–Kier alpha value is -1.35. The van der Waals surface area contributed by atoms with Crippen molar-refractivity contribution < 1.29 is 4.79 Å². The summed E-state index contributed by atoms with van der Waals surface area (Å²) in [4.78, 5) is 11.5. The van der Waals surface area contributed by atoms with Gasteiger partial charge in [-0.1, -0.05) is 26.0 Å². The predicted molar refractivity (Wildman–Crippen MR) is 71.0 cm³/mol. The highest BCUT2D eigenvalue weighted by molar-refractivity contribution is 5.94. The zero-order chi connectivity index (χ0) is 12.7. The van der Waals surface area contributed by atoms with Crippen LogP contribution in [0.25, 0.3) is 0 Å². The summed E-state index contributed by atoms with van der Waals surface area (Å²) in [7, 11) is 1.65. The van der Waals surface area contributed by atoms with E-state index in [9.17, 15) is 4.79 Å². The predicted octanol–water partition coefficient (Wildman–Crippen LogP) is 2.18. The van der Waals surface area contributed by atoms with Crippen LogP contribution < -0.4 is 10.6 Å². The van der Waals surface area contributed by atoms with Crippen LogP contribution in [0.2, 0.25) is 0 Å². The monoisotopic (exact) mass is 234 g/mol. The molecule has 94 valence electrons. The minimum absolute atomic E-state index is 0.0333. The Bertz CT molecular complexity index is 361. The van der Waals surface area contributed by atoms with Gasteiger partial charge in [-0.3, -0.25) is 4.79 Å². The van der Waals surface area contributed by atoms with Gasteiger partial charge in [0.15, 0.2) is 0 Å². The largest absolute Gasteiger partial charge is 0.355 e. The summed E-state index contributed by atoms with van der Waals surface area (Å²) < 4.78 is 0. The van der Waals surface area contributed by atoms with Crippen molar-refractivity contribution in [2.75, 3.05) is 13.6 Å². The molecule has 2 N–H and O–H groups in total. The number of amides is 1. The van der Waals surface area contributed by atoms with Crippen LogP contribution in [0.4, 0.5) is 0 Å². The molecule has 0 saturated carbocycles. The molecule has 0 aliphatic carbocycles. The van der Waals surface area contributed by atoms with E-state index in [1.807, 2.05) is 24.3 Å². The molecule has 0 radical (unpaired) electrons. The molecular weight excluding hydrogens is 212 g/mol. The minimum atomic E-state index is -0.0333. The van der Waals surface area contributed by atoms with E-state index in [4.69, 9.17) is 0 Å². The second kappa shape index (κ2) is 7.07. The fraction of sp³-hybridized carbons (Fsp3) is 0.500. The smallest absolute Gasteiger partial charge is 0.251 e. The van der Waals surface area contributed by atoms with Gasteiger partial charge in [-0.05, 0) is 36.6 Å². The van der Waals surface area contributed by atoms with Crippen molar-refractivity contribution in [2.45, 2.75) is 26.8 Å². The van der Waals surface area contributed by atoms with Gasteiger partial charge in [-0.25, -0.2) is 0 Å². The average Bonchev–Trinajstić information content (AvgIpc) is 2.34. The molecule has 1 aromatic rings. The van der Waals surface area contributed by atoms with Crippen molar-refractivity contribution in [3.63, 3.8) is 0 Å². The molecule has 0 spiro atoms. The Morgan fingerprint density at radius 3 is 2.76 bits per heavy atom. The Kier molecular flexibility index (Phi) is 5.70. The van der Waals surface area contributed by atoms with Gasteiger partial charge in [0.05, 0.1) is 0 Å². The molecule has 1 aromatic carbocycles. The molecule has 0 heterocycles. The highest BCUT2D eigenvalue weighted by Crippen LogP contribution is 2.05. The zero-order valence-electron chi connectivity index (χ0n) is 10.9. The van der Waals surface area contributed by atoms with E-state index in [1.165, 1.54) is 6.42 Å². The highest BCUT2D eigenvalue weighted by atomic mass is 16.1. The molecule has 0 fully saturated rings. The SMILES string of the molecule is CNC(=O)c1cccc(CNCCC(C)C)c1. The van der Waals surface area contributed by atoms with Crippen LogP contribution in [-0.2, 0) is 6.54 Å². The van der Waals surface area contributed by atoms with Crippen LogP contribution in [0.1, 0.15) is 36.2 Å². The maximum atomic E-state index is 11.5. The molecule has 0 bridgehead atoms. The molecule has 0 aliphatic heterocycles. The summed E-state index contributed by atoms with van der Waals surface area (Å²) in [5, 5.41) is 6.02. The number of carbonyl (C=O) groups excluding carboxylic acids is 1. The quantitative estimate of drug-likeness (QED) is 0.741. The molecule has 3 heteroatoms. The second-order valence-corrected chi connectivity index (χ2v) is 4.64. The first kappa shape index (κ1) is 13.7. The Labute approximate surface area is 104 Å². The van der Waals surface area contributed by atoms with Crippen LogP contribution in [0.15, 0.2) is 24.3 Å². The fourth-order valence-corrected chi connectivity index (χ4v) is 1.59. The van der Waals surface area contributed by atoms with E-state index in [2.05, 4.69) is 24.5 Å². The summed E-state index contributed by atoms with van der Waals surface area (Å²) in [5.74, 6) is 0.689.